The van der Waals surface area contributed by atoms with E-state index < -0.39 is 0 Å². The zero-order valence-corrected chi connectivity index (χ0v) is 17.9. The van der Waals surface area contributed by atoms with Crippen molar-refractivity contribution in [2.75, 3.05) is 0 Å². The van der Waals surface area contributed by atoms with Crippen molar-refractivity contribution in [1.82, 2.24) is 0 Å². The minimum Gasteiger partial charge on any atom is -0.0654 e. The smallest absolute Gasteiger partial charge is 0.0414 e. The molecule has 0 spiro atoms. The lowest BCUT2D eigenvalue weighted by molar-refractivity contribution is 0.332. The molecule has 0 N–H and O–H groups in total. The van der Waals surface area contributed by atoms with E-state index >= 15 is 0 Å². The van der Waals surface area contributed by atoms with E-state index in [2.05, 4.69) is 27.7 Å². The van der Waals surface area contributed by atoms with Crippen LogP contribution in [0, 0.1) is 11.8 Å². The van der Waals surface area contributed by atoms with Crippen molar-refractivity contribution in [3.63, 3.8) is 0 Å². The van der Waals surface area contributed by atoms with Gasteiger partial charge in [-0.3, -0.25) is 0 Å². The highest BCUT2D eigenvalue weighted by Gasteiger charge is 2.12. The first-order chi connectivity index (χ1) is 11.8. The molecule has 0 bridgehead atoms. The van der Waals surface area contributed by atoms with Crippen LogP contribution in [-0.2, 0) is 0 Å². The molecule has 0 aliphatic rings. The summed E-state index contributed by atoms with van der Waals surface area (Å²) < 4.78 is 0. The number of hydrogen-bond donors (Lipinski definition) is 0. The lowest BCUT2D eigenvalue weighted by Gasteiger charge is -2.20. The molecule has 146 valence electrons. The molecule has 0 nitrogen and oxygen atoms in total. The zero-order valence-electron chi connectivity index (χ0n) is 17.9. The summed E-state index contributed by atoms with van der Waals surface area (Å²) in [5, 5.41) is 0. The Morgan fingerprint density at radius 3 is 1.17 bits per heavy atom. The van der Waals surface area contributed by atoms with Crippen LogP contribution in [0.5, 0.6) is 0 Å². The van der Waals surface area contributed by atoms with Gasteiger partial charge in [0.05, 0.1) is 0 Å². The largest absolute Gasteiger partial charge is 0.0654 e. The summed E-state index contributed by atoms with van der Waals surface area (Å²) in [4.78, 5) is 0. The van der Waals surface area contributed by atoms with Gasteiger partial charge in [-0.15, -0.1) is 0 Å². The topological polar surface area (TPSA) is 0 Å². The van der Waals surface area contributed by atoms with Gasteiger partial charge in [-0.2, -0.15) is 0 Å². The molecule has 2 unspecified atom stereocenters. The molecular weight excluding hydrogens is 288 g/mol. The maximum Gasteiger partial charge on any atom is -0.0414 e. The molecule has 0 aromatic carbocycles. The third kappa shape index (κ3) is 15.5. The Bertz CT molecular complexity index is 220. The molecule has 0 saturated heterocycles. The van der Waals surface area contributed by atoms with E-state index in [0.29, 0.717) is 0 Å². The summed E-state index contributed by atoms with van der Waals surface area (Å²) in [7, 11) is 0. The summed E-state index contributed by atoms with van der Waals surface area (Å²) in [5.41, 5.74) is 0. The van der Waals surface area contributed by atoms with E-state index in [-0.39, 0.29) is 0 Å². The molecule has 0 aliphatic heterocycles. The molecule has 24 heavy (non-hydrogen) atoms. The minimum absolute atomic E-state index is 1.03. The van der Waals surface area contributed by atoms with Crippen LogP contribution in [0.2, 0.25) is 0 Å². The fourth-order valence-electron chi connectivity index (χ4n) is 4.20. The number of hydrogen-bond acceptors (Lipinski definition) is 0. The first kappa shape index (κ1) is 24.0. The van der Waals surface area contributed by atoms with Gasteiger partial charge in [-0.1, -0.05) is 143 Å². The predicted octanol–water partition coefficient (Wildman–Crippen LogP) is 9.32. The Labute approximate surface area is 155 Å². The molecular formula is C24H50. The molecule has 0 fully saturated rings. The molecule has 0 heterocycles. The summed E-state index contributed by atoms with van der Waals surface area (Å²) >= 11 is 0. The summed E-state index contributed by atoms with van der Waals surface area (Å²) in [5.74, 6) is 2.06. The lowest BCUT2D eigenvalue weighted by Crippen LogP contribution is -2.05. The highest BCUT2D eigenvalue weighted by molar-refractivity contribution is 4.65. The van der Waals surface area contributed by atoms with Gasteiger partial charge in [0.2, 0.25) is 0 Å². The third-order valence-electron chi connectivity index (χ3n) is 5.82. The highest BCUT2D eigenvalue weighted by atomic mass is 14.2. The van der Waals surface area contributed by atoms with Crippen LogP contribution in [-0.4, -0.2) is 0 Å². The van der Waals surface area contributed by atoms with Crippen LogP contribution >= 0.6 is 0 Å². The van der Waals surface area contributed by atoms with E-state index in [4.69, 9.17) is 0 Å². The van der Waals surface area contributed by atoms with E-state index in [1.54, 1.807) is 0 Å². The second-order valence-electron chi connectivity index (χ2n) is 8.29. The Morgan fingerprint density at radius 2 is 0.708 bits per heavy atom. The summed E-state index contributed by atoms with van der Waals surface area (Å²) in [6.45, 7) is 9.36. The monoisotopic (exact) mass is 338 g/mol. The van der Waals surface area contributed by atoms with E-state index in [9.17, 15) is 0 Å². The van der Waals surface area contributed by atoms with Crippen LogP contribution in [0.25, 0.3) is 0 Å². The third-order valence-corrected chi connectivity index (χ3v) is 5.82. The molecule has 0 radical (unpaired) electrons. The summed E-state index contributed by atoms with van der Waals surface area (Å²) in [6.07, 6.45) is 26.3. The van der Waals surface area contributed by atoms with Crippen molar-refractivity contribution >= 4 is 0 Å². The normalized spacial score (nSPS) is 14.0. The van der Waals surface area contributed by atoms with Crippen LogP contribution in [0.3, 0.4) is 0 Å². The van der Waals surface area contributed by atoms with Gasteiger partial charge < -0.3 is 0 Å². The number of unbranched alkanes of at least 4 members (excludes halogenated alkanes) is 7. The fourth-order valence-corrected chi connectivity index (χ4v) is 4.20. The highest BCUT2D eigenvalue weighted by Crippen LogP contribution is 2.27. The maximum atomic E-state index is 2.37. The van der Waals surface area contributed by atoms with Crippen molar-refractivity contribution < 1.29 is 0 Å². The Balaban J connectivity index is 4.03. The van der Waals surface area contributed by atoms with E-state index in [1.807, 2.05) is 0 Å². The van der Waals surface area contributed by atoms with E-state index in [1.165, 1.54) is 116 Å². The molecule has 0 aromatic heterocycles. The average Bonchev–Trinajstić information content (AvgIpc) is 2.58. The molecule has 2 atom stereocenters. The fraction of sp³-hybridized carbons (Fsp3) is 1.00. The number of rotatable bonds is 19. The van der Waals surface area contributed by atoms with Gasteiger partial charge in [0.1, 0.15) is 0 Å². The molecule has 0 amide bonds. The predicted molar refractivity (Wildman–Crippen MR) is 113 cm³/mol. The zero-order chi connectivity index (χ0) is 17.9. The minimum atomic E-state index is 1.03. The van der Waals surface area contributed by atoms with Crippen molar-refractivity contribution in [1.29, 1.82) is 0 Å². The lowest BCUT2D eigenvalue weighted by atomic mass is 9.86. The Morgan fingerprint density at radius 1 is 0.333 bits per heavy atom. The van der Waals surface area contributed by atoms with Crippen LogP contribution in [0.4, 0.5) is 0 Å². The van der Waals surface area contributed by atoms with Crippen molar-refractivity contribution in [2.45, 2.75) is 143 Å². The van der Waals surface area contributed by atoms with Crippen molar-refractivity contribution in [3.8, 4) is 0 Å². The Kier molecular flexibility index (Phi) is 19.3. The van der Waals surface area contributed by atoms with Gasteiger partial charge in [0.15, 0.2) is 0 Å². The van der Waals surface area contributed by atoms with Gasteiger partial charge >= 0.3 is 0 Å². The van der Waals surface area contributed by atoms with Crippen molar-refractivity contribution in [2.24, 2.45) is 11.8 Å². The maximum absolute atomic E-state index is 2.37. The van der Waals surface area contributed by atoms with Crippen LogP contribution < -0.4 is 0 Å². The van der Waals surface area contributed by atoms with E-state index in [0.717, 1.165) is 11.8 Å². The quantitative estimate of drug-likeness (QED) is 0.206. The first-order valence-corrected chi connectivity index (χ1v) is 11.8. The molecule has 0 aliphatic carbocycles. The van der Waals surface area contributed by atoms with Gasteiger partial charge in [-0.05, 0) is 11.8 Å². The van der Waals surface area contributed by atoms with Gasteiger partial charge in [0, 0.05) is 0 Å². The Hall–Kier alpha value is 0. The van der Waals surface area contributed by atoms with Gasteiger partial charge in [-0.25, -0.2) is 0 Å². The molecule has 0 rings (SSSR count). The molecule has 0 aromatic rings. The molecule has 0 heteroatoms. The van der Waals surface area contributed by atoms with Crippen LogP contribution in [0.1, 0.15) is 143 Å². The molecule has 0 saturated carbocycles. The first-order valence-electron chi connectivity index (χ1n) is 11.8. The second-order valence-corrected chi connectivity index (χ2v) is 8.29. The SMILES string of the molecule is CCCCCCC(CCCCC)CCCC(CCC)CCCCC. The van der Waals surface area contributed by atoms with Crippen molar-refractivity contribution in [3.05, 3.63) is 0 Å². The standard InChI is InChI=1S/C24H50/c1-5-9-12-15-20-24(19-14-11-7-3)22-16-21-23(17-8-4)18-13-10-6-2/h23-24H,5-22H2,1-4H3. The second kappa shape index (κ2) is 19.3. The average molecular weight is 339 g/mol. The van der Waals surface area contributed by atoms with Crippen LogP contribution in [0.15, 0.2) is 0 Å². The summed E-state index contributed by atoms with van der Waals surface area (Å²) in [6, 6.07) is 0. The van der Waals surface area contributed by atoms with Gasteiger partial charge in [0.25, 0.3) is 0 Å².